The molecular formula is C31H50N2O3Si. The van der Waals surface area contributed by atoms with Gasteiger partial charge >= 0.3 is 6.09 Å². The third kappa shape index (κ3) is 6.28. The van der Waals surface area contributed by atoms with Gasteiger partial charge in [0.15, 0.2) is 8.32 Å². The summed E-state index contributed by atoms with van der Waals surface area (Å²) in [4.78, 5) is 12.5. The molecule has 4 bridgehead atoms. The minimum Gasteiger partial charge on any atom is -0.445 e. The summed E-state index contributed by atoms with van der Waals surface area (Å²) in [6.07, 6.45) is 11.6. The minimum absolute atomic E-state index is 0.272. The molecule has 0 heterocycles. The van der Waals surface area contributed by atoms with Crippen LogP contribution < -0.4 is 10.6 Å². The lowest BCUT2D eigenvalue weighted by Gasteiger charge is -2.61. The number of hydrogen-bond acceptors (Lipinski definition) is 4. The topological polar surface area (TPSA) is 59.6 Å². The van der Waals surface area contributed by atoms with Crippen LogP contribution in [-0.4, -0.2) is 39.1 Å². The molecule has 1 aromatic carbocycles. The van der Waals surface area contributed by atoms with Crippen molar-refractivity contribution in [3.8, 4) is 0 Å². The van der Waals surface area contributed by atoms with Gasteiger partial charge in [-0.1, -0.05) is 51.1 Å². The highest BCUT2D eigenvalue weighted by atomic mass is 28.4. The maximum absolute atomic E-state index is 12.5. The molecule has 1 aromatic rings. The maximum Gasteiger partial charge on any atom is 0.407 e. The highest BCUT2D eigenvalue weighted by Gasteiger charge is 2.55. The van der Waals surface area contributed by atoms with E-state index in [-0.39, 0.29) is 16.5 Å². The van der Waals surface area contributed by atoms with Crippen LogP contribution in [0.5, 0.6) is 0 Å². The van der Waals surface area contributed by atoms with Crippen LogP contribution in [0.4, 0.5) is 4.79 Å². The fourth-order valence-corrected chi connectivity index (χ4v) is 9.35. The van der Waals surface area contributed by atoms with Gasteiger partial charge in [0.2, 0.25) is 0 Å². The molecule has 6 rings (SSSR count). The van der Waals surface area contributed by atoms with Crippen LogP contribution in [0.15, 0.2) is 30.3 Å². The lowest BCUT2D eigenvalue weighted by atomic mass is 9.48. The van der Waals surface area contributed by atoms with E-state index in [0.29, 0.717) is 24.8 Å². The van der Waals surface area contributed by atoms with E-state index in [1.807, 2.05) is 30.3 Å². The van der Waals surface area contributed by atoms with Crippen molar-refractivity contribution in [2.75, 3.05) is 6.54 Å². The quantitative estimate of drug-likeness (QED) is 0.357. The highest BCUT2D eigenvalue weighted by Crippen LogP contribution is 2.60. The monoisotopic (exact) mass is 526 g/mol. The van der Waals surface area contributed by atoms with Crippen LogP contribution in [0.3, 0.4) is 0 Å². The fraction of sp³-hybridized carbons (Fsp3) is 0.774. The molecule has 0 spiro atoms. The lowest BCUT2D eigenvalue weighted by molar-refractivity contribution is -0.0786. The molecule has 5 aliphatic rings. The van der Waals surface area contributed by atoms with Gasteiger partial charge in [0.25, 0.3) is 0 Å². The van der Waals surface area contributed by atoms with Gasteiger partial charge < -0.3 is 19.8 Å². The van der Waals surface area contributed by atoms with Gasteiger partial charge in [0.05, 0.1) is 0 Å². The molecule has 5 atom stereocenters. The van der Waals surface area contributed by atoms with E-state index in [9.17, 15) is 4.79 Å². The van der Waals surface area contributed by atoms with Gasteiger partial charge in [0.1, 0.15) is 6.61 Å². The zero-order valence-corrected chi connectivity index (χ0v) is 24.9. The highest BCUT2D eigenvalue weighted by molar-refractivity contribution is 6.74. The van der Waals surface area contributed by atoms with Crippen molar-refractivity contribution in [3.63, 3.8) is 0 Å². The van der Waals surface area contributed by atoms with E-state index >= 15 is 0 Å². The van der Waals surface area contributed by atoms with Crippen LogP contribution in [0.1, 0.15) is 84.1 Å². The second-order valence-corrected chi connectivity index (χ2v) is 19.2. The van der Waals surface area contributed by atoms with Crippen molar-refractivity contribution in [1.82, 2.24) is 10.6 Å². The molecule has 0 aromatic heterocycles. The van der Waals surface area contributed by atoms with Crippen LogP contribution in [0.2, 0.25) is 18.1 Å². The number of benzene rings is 1. The molecule has 0 radical (unpaired) electrons. The fourth-order valence-electron chi connectivity index (χ4n) is 7.93. The maximum atomic E-state index is 12.5. The first-order chi connectivity index (χ1) is 17.5. The van der Waals surface area contributed by atoms with E-state index in [0.717, 1.165) is 29.9 Å². The number of carbonyl (C=O) groups is 1. The summed E-state index contributed by atoms with van der Waals surface area (Å²) in [7, 11) is -1.68. The van der Waals surface area contributed by atoms with E-state index in [1.165, 1.54) is 57.8 Å². The number of nitrogens with one attached hydrogen (secondary N) is 2. The summed E-state index contributed by atoms with van der Waals surface area (Å²) in [6.45, 7) is 12.9. The SMILES string of the molecule is CC(C)(C)[Si](C)(C)O[C@H]1CC[C@@H](N[C@@H]2[C@@H]3CC4C[C@H]2C[C@](CNC(=O)OCc2ccccc2)(C4)C3)CC1. The Balaban J connectivity index is 1.09. The number of ether oxygens (including phenoxy) is 1. The Bertz CT molecular complexity index is 906. The Morgan fingerprint density at radius 3 is 2.27 bits per heavy atom. The first kappa shape index (κ1) is 27.2. The predicted molar refractivity (Wildman–Crippen MR) is 152 cm³/mol. The second-order valence-electron chi connectivity index (χ2n) is 14.4. The zero-order chi connectivity index (χ0) is 26.3. The van der Waals surface area contributed by atoms with Gasteiger partial charge in [-0.05, 0) is 105 Å². The summed E-state index contributed by atoms with van der Waals surface area (Å²) in [5.41, 5.74) is 1.30. The molecule has 1 amide bonds. The van der Waals surface area contributed by atoms with E-state index in [1.54, 1.807) is 0 Å². The molecule has 5 saturated carbocycles. The Morgan fingerprint density at radius 2 is 1.65 bits per heavy atom. The van der Waals surface area contributed by atoms with Gasteiger partial charge in [-0.25, -0.2) is 4.79 Å². The molecule has 0 aliphatic heterocycles. The Labute approximate surface area is 226 Å². The molecule has 5 nitrogen and oxygen atoms in total. The third-order valence-corrected chi connectivity index (χ3v) is 15.1. The first-order valence-electron chi connectivity index (χ1n) is 14.9. The molecule has 0 saturated heterocycles. The number of carbonyl (C=O) groups excluding carboxylic acids is 1. The third-order valence-electron chi connectivity index (χ3n) is 10.6. The van der Waals surface area contributed by atoms with Crippen molar-refractivity contribution < 1.29 is 14.0 Å². The summed E-state index contributed by atoms with van der Waals surface area (Å²) >= 11 is 0. The average Bonchev–Trinajstić information content (AvgIpc) is 2.84. The van der Waals surface area contributed by atoms with E-state index in [4.69, 9.17) is 9.16 Å². The van der Waals surface area contributed by atoms with Crippen molar-refractivity contribution in [1.29, 1.82) is 0 Å². The van der Waals surface area contributed by atoms with Gasteiger partial charge in [-0.3, -0.25) is 0 Å². The molecular weight excluding hydrogens is 476 g/mol. The molecule has 5 aliphatic carbocycles. The average molecular weight is 527 g/mol. The minimum atomic E-state index is -1.68. The van der Waals surface area contributed by atoms with Crippen molar-refractivity contribution in [2.24, 2.45) is 23.2 Å². The predicted octanol–water partition coefficient (Wildman–Crippen LogP) is 7.03. The van der Waals surface area contributed by atoms with E-state index < -0.39 is 8.32 Å². The van der Waals surface area contributed by atoms with Crippen molar-refractivity contribution in [3.05, 3.63) is 35.9 Å². The van der Waals surface area contributed by atoms with Crippen LogP contribution in [0.25, 0.3) is 0 Å². The number of amides is 1. The smallest absolute Gasteiger partial charge is 0.407 e. The number of hydrogen-bond donors (Lipinski definition) is 2. The summed E-state index contributed by atoms with van der Waals surface area (Å²) < 4.78 is 12.2. The molecule has 5 fully saturated rings. The summed E-state index contributed by atoms with van der Waals surface area (Å²) in [5, 5.41) is 7.61. The Kier molecular flexibility index (Phi) is 7.83. The van der Waals surface area contributed by atoms with Gasteiger partial charge in [-0.15, -0.1) is 0 Å². The van der Waals surface area contributed by atoms with Crippen molar-refractivity contribution in [2.45, 2.75) is 121 Å². The molecule has 6 heteroatoms. The van der Waals surface area contributed by atoms with Gasteiger partial charge in [-0.2, -0.15) is 0 Å². The molecule has 37 heavy (non-hydrogen) atoms. The lowest BCUT2D eigenvalue weighted by Crippen LogP contribution is -2.62. The summed E-state index contributed by atoms with van der Waals surface area (Å²) in [6, 6.07) is 11.2. The second kappa shape index (κ2) is 10.7. The van der Waals surface area contributed by atoms with Crippen molar-refractivity contribution >= 4 is 14.4 Å². The molecule has 206 valence electrons. The Morgan fingerprint density at radius 1 is 1.00 bits per heavy atom. The first-order valence-corrected chi connectivity index (χ1v) is 17.8. The normalized spacial score (nSPS) is 35.4. The number of alkyl carbamates (subject to hydrolysis) is 1. The Hall–Kier alpha value is -1.37. The van der Waals surface area contributed by atoms with Crippen LogP contribution >= 0.6 is 0 Å². The zero-order valence-electron chi connectivity index (χ0n) is 23.9. The standard InChI is InChI=1S/C31H50N2O3Si/c1-30(2,3)37(4,5)36-27-13-11-26(12-14-27)33-28-24-15-23-16-25(28)19-31(17-23,18-24)21-32-29(34)35-20-22-9-7-6-8-10-22/h6-10,23-28,33H,11-21H2,1-5H3,(H,32,34)/t23?,24-,25+,26-,27+,28-,31+. The van der Waals surface area contributed by atoms with Gasteiger partial charge in [0, 0.05) is 24.7 Å². The summed E-state index contributed by atoms with van der Waals surface area (Å²) in [5.74, 6) is 2.36. The van der Waals surface area contributed by atoms with Crippen LogP contribution in [0, 0.1) is 23.2 Å². The van der Waals surface area contributed by atoms with E-state index in [2.05, 4.69) is 44.5 Å². The number of rotatable bonds is 8. The molecule has 2 N–H and O–H groups in total. The largest absolute Gasteiger partial charge is 0.445 e. The van der Waals surface area contributed by atoms with Crippen LogP contribution in [-0.2, 0) is 15.8 Å². The molecule has 1 unspecified atom stereocenters.